The standard InChI is InChI=1S/C15H13ClN4O/c16-9-14-18-19-15(10-3-1-4-11(17)7-10)20(14)12-5-2-6-13(21)8-12/h1-8,21H,9,17H2. The van der Waals surface area contributed by atoms with Gasteiger partial charge in [0.05, 0.1) is 11.6 Å². The van der Waals surface area contributed by atoms with Crippen molar-refractivity contribution in [2.24, 2.45) is 0 Å². The second kappa shape index (κ2) is 5.46. The van der Waals surface area contributed by atoms with Gasteiger partial charge in [0.2, 0.25) is 0 Å². The topological polar surface area (TPSA) is 77.0 Å². The molecule has 3 rings (SSSR count). The number of anilines is 1. The van der Waals surface area contributed by atoms with Crippen LogP contribution in [0, 0.1) is 0 Å². The van der Waals surface area contributed by atoms with Crippen molar-refractivity contribution in [3.63, 3.8) is 0 Å². The monoisotopic (exact) mass is 300 g/mol. The summed E-state index contributed by atoms with van der Waals surface area (Å²) in [4.78, 5) is 0. The van der Waals surface area contributed by atoms with Gasteiger partial charge in [-0.1, -0.05) is 18.2 Å². The Bertz CT molecular complexity index is 785. The van der Waals surface area contributed by atoms with E-state index in [9.17, 15) is 5.11 Å². The molecular formula is C15H13ClN4O. The van der Waals surface area contributed by atoms with Crippen LogP contribution < -0.4 is 5.73 Å². The zero-order chi connectivity index (χ0) is 14.8. The van der Waals surface area contributed by atoms with Crippen LogP contribution in [0.25, 0.3) is 17.1 Å². The molecule has 3 N–H and O–H groups in total. The van der Waals surface area contributed by atoms with Crippen LogP contribution in [0.3, 0.4) is 0 Å². The van der Waals surface area contributed by atoms with Gasteiger partial charge in [-0.15, -0.1) is 21.8 Å². The summed E-state index contributed by atoms with van der Waals surface area (Å²) in [7, 11) is 0. The van der Waals surface area contributed by atoms with Crippen LogP contribution in [0.2, 0.25) is 0 Å². The molecule has 0 aliphatic rings. The van der Waals surface area contributed by atoms with Crippen molar-refractivity contribution in [3.8, 4) is 22.8 Å². The molecule has 0 fully saturated rings. The molecule has 3 aromatic rings. The van der Waals surface area contributed by atoms with Crippen LogP contribution in [0.4, 0.5) is 5.69 Å². The van der Waals surface area contributed by atoms with Gasteiger partial charge in [0.15, 0.2) is 11.6 Å². The maximum atomic E-state index is 9.67. The fraction of sp³-hybridized carbons (Fsp3) is 0.0667. The number of benzene rings is 2. The van der Waals surface area contributed by atoms with Crippen molar-refractivity contribution >= 4 is 17.3 Å². The molecule has 0 atom stereocenters. The van der Waals surface area contributed by atoms with E-state index < -0.39 is 0 Å². The molecule has 0 unspecified atom stereocenters. The Labute approximate surface area is 126 Å². The molecule has 0 spiro atoms. The van der Waals surface area contributed by atoms with Gasteiger partial charge in [-0.05, 0) is 24.3 Å². The molecule has 0 aliphatic carbocycles. The highest BCUT2D eigenvalue weighted by Crippen LogP contribution is 2.26. The zero-order valence-electron chi connectivity index (χ0n) is 11.1. The van der Waals surface area contributed by atoms with E-state index in [0.29, 0.717) is 17.3 Å². The summed E-state index contributed by atoms with van der Waals surface area (Å²) in [6.45, 7) is 0. The summed E-state index contributed by atoms with van der Waals surface area (Å²) < 4.78 is 1.81. The van der Waals surface area contributed by atoms with Crippen molar-refractivity contribution in [2.75, 3.05) is 5.73 Å². The highest BCUT2D eigenvalue weighted by Gasteiger charge is 2.15. The van der Waals surface area contributed by atoms with Crippen molar-refractivity contribution in [2.45, 2.75) is 5.88 Å². The molecular weight excluding hydrogens is 288 g/mol. The molecule has 0 aliphatic heterocycles. The van der Waals surface area contributed by atoms with Crippen molar-refractivity contribution in [1.29, 1.82) is 0 Å². The highest BCUT2D eigenvalue weighted by atomic mass is 35.5. The number of nitrogens with zero attached hydrogens (tertiary/aromatic N) is 3. The first-order chi connectivity index (χ1) is 10.2. The number of nitrogen functional groups attached to an aromatic ring is 1. The smallest absolute Gasteiger partial charge is 0.168 e. The Balaban J connectivity index is 2.21. The number of halogens is 1. The quantitative estimate of drug-likeness (QED) is 0.576. The van der Waals surface area contributed by atoms with Gasteiger partial charge >= 0.3 is 0 Å². The lowest BCUT2D eigenvalue weighted by Crippen LogP contribution is -2.02. The van der Waals surface area contributed by atoms with Crippen LogP contribution in [-0.4, -0.2) is 19.9 Å². The van der Waals surface area contributed by atoms with Crippen molar-refractivity contribution < 1.29 is 5.11 Å². The fourth-order valence-corrected chi connectivity index (χ4v) is 2.34. The lowest BCUT2D eigenvalue weighted by molar-refractivity contribution is 0.475. The molecule has 5 nitrogen and oxygen atoms in total. The molecule has 21 heavy (non-hydrogen) atoms. The van der Waals surface area contributed by atoms with E-state index in [1.165, 1.54) is 0 Å². The maximum Gasteiger partial charge on any atom is 0.168 e. The van der Waals surface area contributed by atoms with E-state index in [1.807, 2.05) is 28.8 Å². The van der Waals surface area contributed by atoms with Gasteiger partial charge in [-0.3, -0.25) is 4.57 Å². The van der Waals surface area contributed by atoms with E-state index in [4.69, 9.17) is 17.3 Å². The van der Waals surface area contributed by atoms with Gasteiger partial charge in [-0.2, -0.15) is 0 Å². The lowest BCUT2D eigenvalue weighted by atomic mass is 10.2. The van der Waals surface area contributed by atoms with Crippen LogP contribution in [-0.2, 0) is 5.88 Å². The maximum absolute atomic E-state index is 9.67. The summed E-state index contributed by atoms with van der Waals surface area (Å²) in [5, 5.41) is 18.0. The highest BCUT2D eigenvalue weighted by molar-refractivity contribution is 6.16. The van der Waals surface area contributed by atoms with Gasteiger partial charge in [0, 0.05) is 17.3 Å². The molecule has 0 saturated heterocycles. The normalized spacial score (nSPS) is 10.7. The lowest BCUT2D eigenvalue weighted by Gasteiger charge is -2.10. The predicted molar refractivity (Wildman–Crippen MR) is 82.4 cm³/mol. The number of hydrogen-bond donors (Lipinski definition) is 2. The minimum absolute atomic E-state index is 0.167. The zero-order valence-corrected chi connectivity index (χ0v) is 11.8. The molecule has 2 aromatic carbocycles. The predicted octanol–water partition coefficient (Wildman–Crippen LogP) is 2.96. The number of hydrogen-bond acceptors (Lipinski definition) is 4. The molecule has 0 radical (unpaired) electrons. The second-order valence-corrected chi connectivity index (χ2v) is 4.82. The minimum Gasteiger partial charge on any atom is -0.508 e. The first-order valence-corrected chi connectivity index (χ1v) is 6.88. The Morgan fingerprint density at radius 2 is 1.90 bits per heavy atom. The van der Waals surface area contributed by atoms with E-state index in [2.05, 4.69) is 10.2 Å². The van der Waals surface area contributed by atoms with Gasteiger partial charge < -0.3 is 10.8 Å². The van der Waals surface area contributed by atoms with Crippen LogP contribution in [0.1, 0.15) is 5.82 Å². The molecule has 0 amide bonds. The Hall–Kier alpha value is -2.53. The third-order valence-corrected chi connectivity index (χ3v) is 3.32. The third-order valence-electron chi connectivity index (χ3n) is 3.08. The van der Waals surface area contributed by atoms with E-state index in [-0.39, 0.29) is 11.6 Å². The van der Waals surface area contributed by atoms with Crippen LogP contribution >= 0.6 is 11.6 Å². The molecule has 0 saturated carbocycles. The van der Waals surface area contributed by atoms with Crippen molar-refractivity contribution in [3.05, 3.63) is 54.4 Å². The van der Waals surface area contributed by atoms with Crippen LogP contribution in [0.5, 0.6) is 5.75 Å². The fourth-order valence-electron chi connectivity index (χ4n) is 2.17. The Morgan fingerprint density at radius 1 is 1.10 bits per heavy atom. The minimum atomic E-state index is 0.167. The van der Waals surface area contributed by atoms with E-state index in [0.717, 1.165) is 11.3 Å². The SMILES string of the molecule is Nc1cccc(-c2nnc(CCl)n2-c2cccc(O)c2)c1. The molecule has 6 heteroatoms. The van der Waals surface area contributed by atoms with E-state index >= 15 is 0 Å². The Kier molecular flexibility index (Phi) is 3.50. The number of rotatable bonds is 3. The number of aromatic nitrogens is 3. The number of nitrogens with two attached hydrogens (primary N) is 1. The summed E-state index contributed by atoms with van der Waals surface area (Å²) >= 11 is 5.94. The number of alkyl halides is 1. The number of phenolic OH excluding ortho intramolecular Hbond substituents is 1. The Morgan fingerprint density at radius 3 is 2.62 bits per heavy atom. The summed E-state index contributed by atoms with van der Waals surface area (Å²) in [5.74, 6) is 1.61. The van der Waals surface area contributed by atoms with Crippen LogP contribution in [0.15, 0.2) is 48.5 Å². The first-order valence-electron chi connectivity index (χ1n) is 6.34. The summed E-state index contributed by atoms with van der Waals surface area (Å²) in [5.41, 5.74) is 8.05. The molecule has 1 aromatic heterocycles. The molecule has 106 valence electrons. The number of aromatic hydroxyl groups is 1. The second-order valence-electron chi connectivity index (χ2n) is 4.55. The van der Waals surface area contributed by atoms with Gasteiger partial charge in [0.1, 0.15) is 5.75 Å². The van der Waals surface area contributed by atoms with Crippen molar-refractivity contribution in [1.82, 2.24) is 14.8 Å². The van der Waals surface area contributed by atoms with Gasteiger partial charge in [0.25, 0.3) is 0 Å². The average molecular weight is 301 g/mol. The van der Waals surface area contributed by atoms with E-state index in [1.54, 1.807) is 24.3 Å². The first kappa shape index (κ1) is 13.5. The molecule has 0 bridgehead atoms. The molecule has 1 heterocycles. The summed E-state index contributed by atoms with van der Waals surface area (Å²) in [6.07, 6.45) is 0. The largest absolute Gasteiger partial charge is 0.508 e. The third kappa shape index (κ3) is 2.55. The summed E-state index contributed by atoms with van der Waals surface area (Å²) in [6, 6.07) is 14.2. The van der Waals surface area contributed by atoms with Gasteiger partial charge in [-0.25, -0.2) is 0 Å². The average Bonchev–Trinajstić information content (AvgIpc) is 2.91. The number of phenols is 1.